The standard InChI is InChI=1S/C17H16FN3O3/c1-21(2)8-7-19-12-9-13(22)14-16(15(12)23)24-17(20-14)10-3-5-11(18)6-4-10/h3-6H,7-9H2,1-2H3. The van der Waals surface area contributed by atoms with E-state index in [0.29, 0.717) is 18.7 Å². The minimum absolute atomic E-state index is 0.0193. The van der Waals surface area contributed by atoms with Crippen molar-refractivity contribution in [1.82, 2.24) is 9.88 Å². The summed E-state index contributed by atoms with van der Waals surface area (Å²) in [6.45, 7) is 1.10. The normalized spacial score (nSPS) is 16.1. The van der Waals surface area contributed by atoms with Crippen LogP contribution in [0.25, 0.3) is 11.5 Å². The number of halogens is 1. The molecule has 1 aliphatic carbocycles. The molecule has 1 aromatic heterocycles. The van der Waals surface area contributed by atoms with E-state index in [0.717, 1.165) is 0 Å². The molecule has 0 bridgehead atoms. The SMILES string of the molecule is CN(C)CCN=C1CC(=O)c2nc(-c3ccc(F)cc3)oc2C1=O. The van der Waals surface area contributed by atoms with E-state index in [1.54, 1.807) is 0 Å². The van der Waals surface area contributed by atoms with Gasteiger partial charge in [0.1, 0.15) is 5.82 Å². The number of ketones is 2. The fraction of sp³-hybridized carbons (Fsp3) is 0.294. The maximum Gasteiger partial charge on any atom is 0.244 e. The lowest BCUT2D eigenvalue weighted by molar-refractivity contribution is 0.0949. The van der Waals surface area contributed by atoms with Gasteiger partial charge in [0.2, 0.25) is 17.4 Å². The fourth-order valence-electron chi connectivity index (χ4n) is 2.34. The highest BCUT2D eigenvalue weighted by Crippen LogP contribution is 2.27. The van der Waals surface area contributed by atoms with Crippen LogP contribution >= 0.6 is 0 Å². The molecule has 0 saturated carbocycles. The second kappa shape index (κ2) is 6.45. The number of fused-ring (bicyclic) bond motifs is 1. The Balaban J connectivity index is 1.91. The molecule has 0 saturated heterocycles. The maximum atomic E-state index is 13.0. The van der Waals surface area contributed by atoms with Gasteiger partial charge >= 0.3 is 0 Å². The Hall–Kier alpha value is -2.67. The van der Waals surface area contributed by atoms with E-state index in [1.165, 1.54) is 24.3 Å². The van der Waals surface area contributed by atoms with Crippen LogP contribution in [0.5, 0.6) is 0 Å². The number of hydrogen-bond acceptors (Lipinski definition) is 6. The van der Waals surface area contributed by atoms with Gasteiger partial charge in [-0.3, -0.25) is 14.6 Å². The summed E-state index contributed by atoms with van der Waals surface area (Å²) in [5.41, 5.74) is 0.708. The number of carbonyl (C=O) groups is 2. The zero-order valence-electron chi connectivity index (χ0n) is 13.4. The molecule has 7 heteroatoms. The van der Waals surface area contributed by atoms with E-state index in [9.17, 15) is 14.0 Å². The van der Waals surface area contributed by atoms with Gasteiger partial charge in [0.25, 0.3) is 0 Å². The first-order valence-corrected chi connectivity index (χ1v) is 7.48. The molecule has 6 nitrogen and oxygen atoms in total. The van der Waals surface area contributed by atoms with Crippen molar-refractivity contribution in [2.45, 2.75) is 6.42 Å². The van der Waals surface area contributed by atoms with E-state index >= 15 is 0 Å². The van der Waals surface area contributed by atoms with Crippen LogP contribution in [0.4, 0.5) is 4.39 Å². The van der Waals surface area contributed by atoms with Crippen molar-refractivity contribution in [2.75, 3.05) is 27.2 Å². The molecular weight excluding hydrogens is 313 g/mol. The van der Waals surface area contributed by atoms with E-state index in [2.05, 4.69) is 9.98 Å². The second-order valence-electron chi connectivity index (χ2n) is 5.76. The molecular formula is C17H16FN3O3. The lowest BCUT2D eigenvalue weighted by Crippen LogP contribution is -2.27. The Bertz CT molecular complexity index is 822. The molecule has 1 heterocycles. The van der Waals surface area contributed by atoms with Crippen LogP contribution in [0, 0.1) is 5.82 Å². The smallest absolute Gasteiger partial charge is 0.244 e. The molecule has 0 amide bonds. The third kappa shape index (κ3) is 3.16. The molecule has 0 N–H and O–H groups in total. The molecule has 24 heavy (non-hydrogen) atoms. The lowest BCUT2D eigenvalue weighted by atomic mass is 9.97. The molecule has 2 aromatic rings. The van der Waals surface area contributed by atoms with Gasteiger partial charge in [-0.15, -0.1) is 0 Å². The topological polar surface area (TPSA) is 75.8 Å². The van der Waals surface area contributed by atoms with Crippen LogP contribution in [0.1, 0.15) is 27.5 Å². The summed E-state index contributed by atoms with van der Waals surface area (Å²) in [5.74, 6) is -1.07. The predicted octanol–water partition coefficient (Wildman–Crippen LogP) is 2.25. The first kappa shape index (κ1) is 16.2. The average molecular weight is 329 g/mol. The van der Waals surface area contributed by atoms with Crippen molar-refractivity contribution in [2.24, 2.45) is 4.99 Å². The lowest BCUT2D eigenvalue weighted by Gasteiger charge is -2.10. The molecule has 1 aromatic carbocycles. The molecule has 1 aliphatic rings. The van der Waals surface area contributed by atoms with E-state index in [4.69, 9.17) is 4.42 Å². The summed E-state index contributed by atoms with van der Waals surface area (Å²) in [6.07, 6.45) is -0.0747. The summed E-state index contributed by atoms with van der Waals surface area (Å²) >= 11 is 0. The molecule has 0 aliphatic heterocycles. The average Bonchev–Trinajstić information content (AvgIpc) is 2.98. The quantitative estimate of drug-likeness (QED) is 0.860. The van der Waals surface area contributed by atoms with Crippen LogP contribution < -0.4 is 0 Å². The Morgan fingerprint density at radius 1 is 1.25 bits per heavy atom. The summed E-state index contributed by atoms with van der Waals surface area (Å²) < 4.78 is 18.5. The molecule has 124 valence electrons. The molecule has 0 spiro atoms. The van der Waals surface area contributed by atoms with Crippen molar-refractivity contribution in [1.29, 1.82) is 0 Å². The van der Waals surface area contributed by atoms with Gasteiger partial charge in [-0.25, -0.2) is 9.37 Å². The van der Waals surface area contributed by atoms with Crippen LogP contribution in [-0.2, 0) is 0 Å². The summed E-state index contributed by atoms with van der Waals surface area (Å²) in [6, 6.07) is 5.48. The Labute approximate surface area is 138 Å². The number of nitrogens with zero attached hydrogens (tertiary/aromatic N) is 3. The minimum atomic E-state index is -0.413. The molecule has 0 fully saturated rings. The Kier molecular flexibility index (Phi) is 4.35. The first-order chi connectivity index (χ1) is 11.5. The van der Waals surface area contributed by atoms with Gasteiger partial charge in [0, 0.05) is 12.1 Å². The van der Waals surface area contributed by atoms with Crippen LogP contribution in [0.3, 0.4) is 0 Å². The number of aliphatic imine (C=N–C) groups is 1. The van der Waals surface area contributed by atoms with Gasteiger partial charge in [-0.2, -0.15) is 0 Å². The van der Waals surface area contributed by atoms with Crippen molar-refractivity contribution < 1.29 is 18.4 Å². The maximum absolute atomic E-state index is 13.0. The van der Waals surface area contributed by atoms with E-state index < -0.39 is 11.6 Å². The number of benzene rings is 1. The molecule has 0 unspecified atom stereocenters. The van der Waals surface area contributed by atoms with Gasteiger partial charge in [0.15, 0.2) is 11.5 Å². The highest BCUT2D eigenvalue weighted by Gasteiger charge is 2.35. The number of rotatable bonds is 4. The summed E-state index contributed by atoms with van der Waals surface area (Å²) in [4.78, 5) is 34.9. The largest absolute Gasteiger partial charge is 0.432 e. The monoisotopic (exact) mass is 329 g/mol. The number of carbonyl (C=O) groups excluding carboxylic acids is 2. The zero-order chi connectivity index (χ0) is 17.3. The number of oxazole rings is 1. The van der Waals surface area contributed by atoms with Crippen molar-refractivity contribution in [3.8, 4) is 11.5 Å². The van der Waals surface area contributed by atoms with Gasteiger partial charge in [0.05, 0.1) is 18.7 Å². The molecule has 0 radical (unpaired) electrons. The zero-order valence-corrected chi connectivity index (χ0v) is 13.4. The van der Waals surface area contributed by atoms with Gasteiger partial charge in [-0.05, 0) is 38.4 Å². The number of likely N-dealkylation sites (N-methyl/N-ethyl adjacent to an activating group) is 1. The highest BCUT2D eigenvalue weighted by molar-refractivity contribution is 6.51. The van der Waals surface area contributed by atoms with Crippen LogP contribution in [-0.4, -0.2) is 54.3 Å². The summed E-state index contributed by atoms with van der Waals surface area (Å²) in [7, 11) is 3.80. The highest BCUT2D eigenvalue weighted by atomic mass is 19.1. The Morgan fingerprint density at radius 3 is 2.62 bits per heavy atom. The fourth-order valence-corrected chi connectivity index (χ4v) is 2.34. The molecule has 3 rings (SSSR count). The first-order valence-electron chi connectivity index (χ1n) is 7.48. The number of aromatic nitrogens is 1. The van der Waals surface area contributed by atoms with E-state index in [1.807, 2.05) is 19.0 Å². The van der Waals surface area contributed by atoms with Crippen LogP contribution in [0.15, 0.2) is 33.7 Å². The van der Waals surface area contributed by atoms with Gasteiger partial charge < -0.3 is 9.32 Å². The van der Waals surface area contributed by atoms with Crippen molar-refractivity contribution >= 4 is 17.3 Å². The van der Waals surface area contributed by atoms with Crippen molar-refractivity contribution in [3.63, 3.8) is 0 Å². The van der Waals surface area contributed by atoms with E-state index in [-0.39, 0.29) is 35.3 Å². The summed E-state index contributed by atoms with van der Waals surface area (Å²) in [5, 5.41) is 0. The second-order valence-corrected chi connectivity index (χ2v) is 5.76. The third-order valence-corrected chi connectivity index (χ3v) is 3.63. The molecule has 0 atom stereocenters. The number of hydrogen-bond donors (Lipinski definition) is 0. The van der Waals surface area contributed by atoms with Crippen molar-refractivity contribution in [3.05, 3.63) is 41.5 Å². The Morgan fingerprint density at radius 2 is 1.96 bits per heavy atom. The predicted molar refractivity (Wildman–Crippen MR) is 86.0 cm³/mol. The minimum Gasteiger partial charge on any atom is -0.432 e. The van der Waals surface area contributed by atoms with Crippen LogP contribution in [0.2, 0.25) is 0 Å². The van der Waals surface area contributed by atoms with Gasteiger partial charge in [-0.1, -0.05) is 0 Å². The number of Topliss-reactive ketones (excluding diaryl/α,β-unsaturated/α-hetero) is 2. The third-order valence-electron chi connectivity index (χ3n) is 3.63.